The zero-order valence-electron chi connectivity index (χ0n) is 17.3. The molecule has 32 heavy (non-hydrogen) atoms. The van der Waals surface area contributed by atoms with Crippen molar-refractivity contribution < 1.29 is 9.90 Å². The summed E-state index contributed by atoms with van der Waals surface area (Å²) < 4.78 is 1.13. The van der Waals surface area contributed by atoms with Gasteiger partial charge in [0.25, 0.3) is 0 Å². The van der Waals surface area contributed by atoms with Crippen LogP contribution in [-0.2, 0) is 24.1 Å². The third-order valence-corrected chi connectivity index (χ3v) is 5.76. The Hall–Kier alpha value is -3.26. The van der Waals surface area contributed by atoms with Crippen LogP contribution >= 0.6 is 22.6 Å². The third-order valence-electron chi connectivity index (χ3n) is 5.04. The van der Waals surface area contributed by atoms with Crippen LogP contribution in [0.2, 0.25) is 0 Å². The van der Waals surface area contributed by atoms with Crippen molar-refractivity contribution in [2.45, 2.75) is 19.3 Å². The molecular formula is C26H22IN3O2. The molecule has 0 radical (unpaired) electrons. The summed E-state index contributed by atoms with van der Waals surface area (Å²) in [5, 5.41) is 12.5. The molecule has 2 N–H and O–H groups in total. The largest absolute Gasteiger partial charge is 0.508 e. The molecule has 0 saturated carbocycles. The highest BCUT2D eigenvalue weighted by atomic mass is 127. The highest BCUT2D eigenvalue weighted by Gasteiger charge is 2.13. The van der Waals surface area contributed by atoms with Crippen molar-refractivity contribution in [1.29, 1.82) is 0 Å². The standard InChI is InChI=1S/C26H22IN3O2/c27-21-11-6-19(7-12-21)16-25(32)30-26-23(15-8-18-4-2-1-3-5-18)29-24(17-28-26)20-9-13-22(31)14-10-20/h1-7,9-14,17,31H,8,15-16H2,(H,28,30,32). The van der Waals surface area contributed by atoms with Gasteiger partial charge in [-0.15, -0.1) is 0 Å². The van der Waals surface area contributed by atoms with Gasteiger partial charge in [-0.05, 0) is 83.0 Å². The SMILES string of the molecule is O=C(Cc1ccc(I)cc1)Nc1ncc(-c2ccc(O)cc2)nc1CCc1ccccc1. The maximum absolute atomic E-state index is 12.7. The number of rotatable bonds is 7. The number of hydrogen-bond donors (Lipinski definition) is 2. The van der Waals surface area contributed by atoms with Crippen LogP contribution in [-0.4, -0.2) is 21.0 Å². The number of anilines is 1. The van der Waals surface area contributed by atoms with Gasteiger partial charge in [0, 0.05) is 9.13 Å². The van der Waals surface area contributed by atoms with E-state index in [0.717, 1.165) is 26.8 Å². The molecule has 0 aliphatic rings. The Balaban J connectivity index is 1.56. The Labute approximate surface area is 200 Å². The Kier molecular flexibility index (Phi) is 7.11. The second-order valence-corrected chi connectivity index (χ2v) is 8.68. The van der Waals surface area contributed by atoms with Crippen LogP contribution in [0, 0.1) is 3.57 Å². The number of nitrogens with zero attached hydrogens (tertiary/aromatic N) is 2. The van der Waals surface area contributed by atoms with Crippen LogP contribution in [0.1, 0.15) is 16.8 Å². The summed E-state index contributed by atoms with van der Waals surface area (Å²) in [4.78, 5) is 22.0. The molecule has 1 amide bonds. The molecule has 0 bridgehead atoms. The van der Waals surface area contributed by atoms with Crippen LogP contribution in [0.15, 0.2) is 85.1 Å². The fraction of sp³-hybridized carbons (Fsp3) is 0.115. The predicted molar refractivity (Wildman–Crippen MR) is 134 cm³/mol. The minimum Gasteiger partial charge on any atom is -0.508 e. The molecule has 3 aromatic carbocycles. The maximum atomic E-state index is 12.7. The summed E-state index contributed by atoms with van der Waals surface area (Å²) in [6.07, 6.45) is 3.35. The molecule has 0 aliphatic heterocycles. The fourth-order valence-electron chi connectivity index (χ4n) is 3.35. The summed E-state index contributed by atoms with van der Waals surface area (Å²) in [5.74, 6) is 0.559. The highest BCUT2D eigenvalue weighted by Crippen LogP contribution is 2.23. The Bertz CT molecular complexity index is 1190. The van der Waals surface area contributed by atoms with E-state index >= 15 is 0 Å². The van der Waals surface area contributed by atoms with E-state index in [1.807, 2.05) is 42.5 Å². The van der Waals surface area contributed by atoms with Gasteiger partial charge in [-0.3, -0.25) is 4.79 Å². The van der Waals surface area contributed by atoms with E-state index in [1.165, 1.54) is 5.56 Å². The number of aryl methyl sites for hydroxylation is 2. The predicted octanol–water partition coefficient (Wildman–Crippen LogP) is 5.42. The van der Waals surface area contributed by atoms with Crippen molar-refractivity contribution in [3.63, 3.8) is 0 Å². The molecule has 160 valence electrons. The number of halogens is 1. The fourth-order valence-corrected chi connectivity index (χ4v) is 3.71. The van der Waals surface area contributed by atoms with Crippen molar-refractivity contribution in [3.8, 4) is 17.0 Å². The first-order valence-electron chi connectivity index (χ1n) is 10.3. The zero-order chi connectivity index (χ0) is 22.3. The number of aromatic nitrogens is 2. The minimum atomic E-state index is -0.126. The van der Waals surface area contributed by atoms with Crippen LogP contribution < -0.4 is 5.32 Å². The van der Waals surface area contributed by atoms with Gasteiger partial charge in [-0.25, -0.2) is 9.97 Å². The average Bonchev–Trinajstić information content (AvgIpc) is 2.81. The molecule has 5 nitrogen and oxygen atoms in total. The minimum absolute atomic E-state index is 0.126. The Morgan fingerprint density at radius 1 is 0.875 bits per heavy atom. The highest BCUT2D eigenvalue weighted by molar-refractivity contribution is 14.1. The number of amides is 1. The summed E-state index contributed by atoms with van der Waals surface area (Å²) in [5.41, 5.74) is 4.43. The molecule has 0 unspecified atom stereocenters. The first-order valence-corrected chi connectivity index (χ1v) is 11.4. The van der Waals surface area contributed by atoms with Crippen molar-refractivity contribution in [1.82, 2.24) is 9.97 Å². The second kappa shape index (κ2) is 10.4. The quantitative estimate of drug-likeness (QED) is 0.310. The van der Waals surface area contributed by atoms with Gasteiger partial charge < -0.3 is 10.4 Å². The van der Waals surface area contributed by atoms with Crippen LogP contribution in [0.5, 0.6) is 5.75 Å². The molecule has 0 spiro atoms. The van der Waals surface area contributed by atoms with Crippen LogP contribution in [0.3, 0.4) is 0 Å². The number of hydrogen-bond acceptors (Lipinski definition) is 4. The first-order chi connectivity index (χ1) is 15.6. The molecule has 6 heteroatoms. The number of benzene rings is 3. The van der Waals surface area contributed by atoms with Crippen molar-refractivity contribution in [2.75, 3.05) is 5.32 Å². The number of carbonyl (C=O) groups excluding carboxylic acids is 1. The number of carbonyl (C=O) groups is 1. The number of nitrogens with one attached hydrogen (secondary N) is 1. The van der Waals surface area contributed by atoms with E-state index in [9.17, 15) is 9.90 Å². The summed E-state index contributed by atoms with van der Waals surface area (Å²) in [6, 6.07) is 24.9. The van der Waals surface area contributed by atoms with Gasteiger partial charge >= 0.3 is 0 Å². The van der Waals surface area contributed by atoms with Gasteiger partial charge in [-0.2, -0.15) is 0 Å². The monoisotopic (exact) mass is 535 g/mol. The molecule has 4 aromatic rings. The topological polar surface area (TPSA) is 75.1 Å². The van der Waals surface area contributed by atoms with Gasteiger partial charge in [0.05, 0.1) is 24.0 Å². The van der Waals surface area contributed by atoms with Crippen LogP contribution in [0.25, 0.3) is 11.3 Å². The molecule has 0 atom stereocenters. The first kappa shape index (κ1) is 22.0. The van der Waals surface area contributed by atoms with Crippen molar-refractivity contribution in [3.05, 3.63) is 105 Å². The molecule has 1 heterocycles. The number of phenolic OH excluding ortho intramolecular Hbond substituents is 1. The van der Waals surface area contributed by atoms with E-state index < -0.39 is 0 Å². The molecular weight excluding hydrogens is 513 g/mol. The molecule has 0 saturated heterocycles. The van der Waals surface area contributed by atoms with Gasteiger partial charge in [0.15, 0.2) is 5.82 Å². The number of aromatic hydroxyl groups is 1. The van der Waals surface area contributed by atoms with Crippen molar-refractivity contribution >= 4 is 34.3 Å². The Morgan fingerprint density at radius 3 is 2.31 bits per heavy atom. The van der Waals surface area contributed by atoms with E-state index in [2.05, 4.69) is 45.0 Å². The average molecular weight is 535 g/mol. The van der Waals surface area contributed by atoms with Gasteiger partial charge in [-0.1, -0.05) is 42.5 Å². The molecule has 0 fully saturated rings. The number of phenols is 1. The molecule has 4 rings (SSSR count). The summed E-state index contributed by atoms with van der Waals surface area (Å²) in [7, 11) is 0. The lowest BCUT2D eigenvalue weighted by Crippen LogP contribution is -2.17. The smallest absolute Gasteiger partial charge is 0.229 e. The third kappa shape index (κ3) is 5.91. The maximum Gasteiger partial charge on any atom is 0.229 e. The molecule has 1 aromatic heterocycles. The lowest BCUT2D eigenvalue weighted by molar-refractivity contribution is -0.115. The summed E-state index contributed by atoms with van der Waals surface area (Å²) in [6.45, 7) is 0. The Morgan fingerprint density at radius 2 is 1.59 bits per heavy atom. The van der Waals surface area contributed by atoms with Gasteiger partial charge in [0.1, 0.15) is 5.75 Å². The van der Waals surface area contributed by atoms with Crippen LogP contribution in [0.4, 0.5) is 5.82 Å². The normalized spacial score (nSPS) is 10.7. The molecule has 0 aliphatic carbocycles. The summed E-state index contributed by atoms with van der Waals surface area (Å²) >= 11 is 2.24. The lowest BCUT2D eigenvalue weighted by atomic mass is 10.1. The van der Waals surface area contributed by atoms with E-state index in [-0.39, 0.29) is 18.1 Å². The lowest BCUT2D eigenvalue weighted by Gasteiger charge is -2.12. The van der Waals surface area contributed by atoms with Crippen molar-refractivity contribution in [2.24, 2.45) is 0 Å². The second-order valence-electron chi connectivity index (χ2n) is 7.43. The van der Waals surface area contributed by atoms with E-state index in [0.29, 0.717) is 17.9 Å². The van der Waals surface area contributed by atoms with E-state index in [1.54, 1.807) is 30.5 Å². The van der Waals surface area contributed by atoms with E-state index in [4.69, 9.17) is 4.98 Å². The van der Waals surface area contributed by atoms with Gasteiger partial charge in [0.2, 0.25) is 5.91 Å². The zero-order valence-corrected chi connectivity index (χ0v) is 19.5.